The van der Waals surface area contributed by atoms with Crippen LogP contribution >= 0.6 is 0 Å². The van der Waals surface area contributed by atoms with Gasteiger partial charge in [0.2, 0.25) is 6.41 Å². The van der Waals surface area contributed by atoms with Gasteiger partial charge in [0.15, 0.2) is 0 Å². The molecule has 0 saturated heterocycles. The van der Waals surface area contributed by atoms with Crippen LogP contribution in [0.3, 0.4) is 0 Å². The second kappa shape index (κ2) is 6.81. The molecule has 0 aliphatic rings. The topological polar surface area (TPSA) is 32.3 Å². The van der Waals surface area contributed by atoms with Gasteiger partial charge < -0.3 is 10.2 Å². The predicted octanol–water partition coefficient (Wildman–Crippen LogP) is 1.65. The van der Waals surface area contributed by atoms with Gasteiger partial charge in [0.25, 0.3) is 0 Å². The van der Waals surface area contributed by atoms with Crippen molar-refractivity contribution in [2.75, 3.05) is 20.1 Å². The molecule has 1 aromatic rings. The maximum atomic E-state index is 13.9. The van der Waals surface area contributed by atoms with Gasteiger partial charge in [-0.25, -0.2) is 4.39 Å². The summed E-state index contributed by atoms with van der Waals surface area (Å²) < 4.78 is 13.9. The number of hydrogen-bond acceptors (Lipinski definition) is 2. The minimum absolute atomic E-state index is 0.276. The summed E-state index contributed by atoms with van der Waals surface area (Å²) >= 11 is 0. The number of rotatable bonds is 7. The lowest BCUT2D eigenvalue weighted by Gasteiger charge is -2.17. The Kier molecular flexibility index (Phi) is 5.36. The van der Waals surface area contributed by atoms with Crippen molar-refractivity contribution in [1.29, 1.82) is 0 Å². The highest BCUT2D eigenvalue weighted by Crippen LogP contribution is 2.15. The second-order valence-electron chi connectivity index (χ2n) is 3.70. The van der Waals surface area contributed by atoms with E-state index in [0.717, 1.165) is 6.41 Å². The summed E-state index contributed by atoms with van der Waals surface area (Å²) in [4.78, 5) is 12.4. The van der Waals surface area contributed by atoms with Crippen LogP contribution in [0.1, 0.15) is 11.1 Å². The Morgan fingerprint density at radius 1 is 1.53 bits per heavy atom. The van der Waals surface area contributed by atoms with Gasteiger partial charge in [-0.1, -0.05) is 30.9 Å². The Hall–Kier alpha value is -1.68. The first kappa shape index (κ1) is 13.4. The van der Waals surface area contributed by atoms with Crippen molar-refractivity contribution < 1.29 is 9.18 Å². The molecule has 0 aliphatic carbocycles. The maximum absolute atomic E-state index is 13.9. The third kappa shape index (κ3) is 3.67. The number of hydrogen-bond donors (Lipinski definition) is 1. The van der Waals surface area contributed by atoms with Gasteiger partial charge in [-0.15, -0.1) is 0 Å². The molecule has 0 fully saturated rings. The highest BCUT2D eigenvalue weighted by Gasteiger charge is 2.09. The smallest absolute Gasteiger partial charge is 0.210 e. The van der Waals surface area contributed by atoms with Crippen molar-refractivity contribution in [2.24, 2.45) is 0 Å². The van der Waals surface area contributed by atoms with Crippen LogP contribution in [0.4, 0.5) is 4.39 Å². The Labute approximate surface area is 101 Å². The van der Waals surface area contributed by atoms with Crippen molar-refractivity contribution in [2.45, 2.75) is 6.54 Å². The summed E-state index contributed by atoms with van der Waals surface area (Å²) in [5, 5.41) is 2.94. The van der Waals surface area contributed by atoms with Crippen LogP contribution in [0.5, 0.6) is 0 Å². The lowest BCUT2D eigenvalue weighted by atomic mass is 10.1. The van der Waals surface area contributed by atoms with Crippen LogP contribution in [0.15, 0.2) is 24.8 Å². The summed E-state index contributed by atoms with van der Waals surface area (Å²) in [6.07, 6.45) is 2.20. The molecule has 4 heteroatoms. The summed E-state index contributed by atoms with van der Waals surface area (Å²) in [5.41, 5.74) is 0.965. The molecule has 0 radical (unpaired) electrons. The fourth-order valence-electron chi connectivity index (χ4n) is 1.52. The van der Waals surface area contributed by atoms with Crippen LogP contribution in [0, 0.1) is 5.82 Å². The quantitative estimate of drug-likeness (QED) is 0.730. The van der Waals surface area contributed by atoms with E-state index >= 15 is 0 Å². The highest BCUT2D eigenvalue weighted by molar-refractivity contribution is 5.51. The third-order valence-corrected chi connectivity index (χ3v) is 2.50. The molecule has 0 heterocycles. The van der Waals surface area contributed by atoms with E-state index in [9.17, 15) is 9.18 Å². The van der Waals surface area contributed by atoms with Gasteiger partial charge in [0.1, 0.15) is 5.82 Å². The first-order valence-electron chi connectivity index (χ1n) is 5.46. The van der Waals surface area contributed by atoms with Crippen LogP contribution in [0.2, 0.25) is 0 Å². The summed E-state index contributed by atoms with van der Waals surface area (Å²) in [5.74, 6) is -0.307. The molecule has 1 rings (SSSR count). The number of nitrogens with zero attached hydrogens (tertiary/aromatic N) is 1. The summed E-state index contributed by atoms with van der Waals surface area (Å²) in [7, 11) is 1.81. The van der Waals surface area contributed by atoms with Crippen LogP contribution < -0.4 is 5.32 Å². The van der Waals surface area contributed by atoms with Crippen LogP contribution in [-0.4, -0.2) is 31.4 Å². The molecule has 1 aromatic carbocycles. The van der Waals surface area contributed by atoms with Gasteiger partial charge in [0, 0.05) is 30.8 Å². The number of amides is 1. The second-order valence-corrected chi connectivity index (χ2v) is 3.70. The van der Waals surface area contributed by atoms with Gasteiger partial charge in [0.05, 0.1) is 0 Å². The fourth-order valence-corrected chi connectivity index (χ4v) is 1.52. The average molecular weight is 236 g/mol. The number of benzene rings is 1. The third-order valence-electron chi connectivity index (χ3n) is 2.50. The minimum Gasteiger partial charge on any atom is -0.340 e. The fraction of sp³-hybridized carbons (Fsp3) is 0.308. The SMILES string of the molecule is C=Cc1cccc(CN(C=O)CCNC)c1F. The molecule has 0 spiro atoms. The van der Waals surface area contributed by atoms with E-state index in [1.54, 1.807) is 18.2 Å². The first-order chi connectivity index (χ1) is 8.22. The molecule has 0 saturated carbocycles. The predicted molar refractivity (Wildman–Crippen MR) is 66.9 cm³/mol. The Morgan fingerprint density at radius 3 is 2.88 bits per heavy atom. The Bertz CT molecular complexity index is 393. The van der Waals surface area contributed by atoms with E-state index < -0.39 is 0 Å². The Balaban J connectivity index is 2.78. The normalized spacial score (nSPS) is 10.0. The van der Waals surface area contributed by atoms with Gasteiger partial charge >= 0.3 is 0 Å². The number of likely N-dealkylation sites (N-methyl/N-ethyl adjacent to an activating group) is 1. The molecule has 0 aliphatic heterocycles. The van der Waals surface area contributed by atoms with E-state index in [4.69, 9.17) is 0 Å². The molecular weight excluding hydrogens is 219 g/mol. The molecule has 1 N–H and O–H groups in total. The van der Waals surface area contributed by atoms with E-state index in [0.29, 0.717) is 24.2 Å². The zero-order valence-corrected chi connectivity index (χ0v) is 9.95. The molecule has 0 unspecified atom stereocenters. The molecule has 17 heavy (non-hydrogen) atoms. The molecule has 1 amide bonds. The Morgan fingerprint density at radius 2 is 2.29 bits per heavy atom. The number of nitrogens with one attached hydrogen (secondary N) is 1. The monoisotopic (exact) mass is 236 g/mol. The standard InChI is InChI=1S/C13H17FN2O/c1-3-11-5-4-6-12(13(11)14)9-16(10-17)8-7-15-2/h3-6,10,15H,1,7-9H2,2H3. The number of carbonyl (C=O) groups excluding carboxylic acids is 1. The maximum Gasteiger partial charge on any atom is 0.210 e. The zero-order valence-electron chi connectivity index (χ0n) is 9.95. The van der Waals surface area contributed by atoms with E-state index in [1.807, 2.05) is 7.05 Å². The average Bonchev–Trinajstić information content (AvgIpc) is 2.36. The molecular formula is C13H17FN2O. The van der Waals surface area contributed by atoms with Gasteiger partial charge in [-0.2, -0.15) is 0 Å². The first-order valence-corrected chi connectivity index (χ1v) is 5.46. The largest absolute Gasteiger partial charge is 0.340 e. The van der Waals surface area contributed by atoms with Crippen molar-refractivity contribution in [3.8, 4) is 0 Å². The van der Waals surface area contributed by atoms with Crippen LogP contribution in [0.25, 0.3) is 6.08 Å². The summed E-state index contributed by atoms with van der Waals surface area (Å²) in [6, 6.07) is 5.10. The molecule has 0 atom stereocenters. The molecule has 3 nitrogen and oxygen atoms in total. The lowest BCUT2D eigenvalue weighted by molar-refractivity contribution is -0.118. The highest BCUT2D eigenvalue weighted by atomic mass is 19.1. The molecule has 92 valence electrons. The molecule has 0 bridgehead atoms. The van der Waals surface area contributed by atoms with Gasteiger partial charge in [-0.05, 0) is 7.05 Å². The summed E-state index contributed by atoms with van der Waals surface area (Å²) in [6.45, 7) is 5.06. The number of carbonyl (C=O) groups is 1. The van der Waals surface area contributed by atoms with Crippen molar-refractivity contribution in [1.82, 2.24) is 10.2 Å². The van der Waals surface area contributed by atoms with E-state index in [2.05, 4.69) is 11.9 Å². The van der Waals surface area contributed by atoms with E-state index in [-0.39, 0.29) is 12.4 Å². The lowest BCUT2D eigenvalue weighted by Crippen LogP contribution is -2.29. The van der Waals surface area contributed by atoms with Crippen molar-refractivity contribution in [3.63, 3.8) is 0 Å². The van der Waals surface area contributed by atoms with Crippen molar-refractivity contribution >= 4 is 12.5 Å². The number of halogens is 1. The van der Waals surface area contributed by atoms with E-state index in [1.165, 1.54) is 11.0 Å². The minimum atomic E-state index is -0.307. The van der Waals surface area contributed by atoms with Gasteiger partial charge in [-0.3, -0.25) is 4.79 Å². The molecule has 0 aromatic heterocycles. The zero-order chi connectivity index (χ0) is 12.7. The van der Waals surface area contributed by atoms with Crippen molar-refractivity contribution in [3.05, 3.63) is 41.7 Å². The van der Waals surface area contributed by atoms with Crippen LogP contribution in [-0.2, 0) is 11.3 Å².